The van der Waals surface area contributed by atoms with Crippen LogP contribution in [-0.4, -0.2) is 28.9 Å². The van der Waals surface area contributed by atoms with Crippen molar-refractivity contribution in [3.63, 3.8) is 0 Å². The molecule has 4 nitrogen and oxygen atoms in total. The van der Waals surface area contributed by atoms with Gasteiger partial charge in [-0.25, -0.2) is 0 Å². The summed E-state index contributed by atoms with van der Waals surface area (Å²) in [5.74, 6) is 0.107. The van der Waals surface area contributed by atoms with Crippen LogP contribution in [-0.2, 0) is 11.2 Å². The van der Waals surface area contributed by atoms with Gasteiger partial charge in [-0.2, -0.15) is 0 Å². The molecule has 0 atom stereocenters. The number of carbonyl (C=O) groups is 1. The zero-order chi connectivity index (χ0) is 12.8. The summed E-state index contributed by atoms with van der Waals surface area (Å²) in [7, 11) is 1.86. The Hall–Kier alpha value is -1.58. The van der Waals surface area contributed by atoms with E-state index in [2.05, 4.69) is 18.8 Å². The summed E-state index contributed by atoms with van der Waals surface area (Å²) in [6, 6.07) is 3.89. The first-order valence-corrected chi connectivity index (χ1v) is 6.04. The summed E-state index contributed by atoms with van der Waals surface area (Å²) in [6.07, 6.45) is 3.88. The lowest BCUT2D eigenvalue weighted by atomic mass is 10.1. The molecule has 0 spiro atoms. The van der Waals surface area contributed by atoms with Gasteiger partial charge in [0.15, 0.2) is 0 Å². The molecule has 0 radical (unpaired) electrons. The summed E-state index contributed by atoms with van der Waals surface area (Å²) in [5.41, 5.74) is 6.94. The van der Waals surface area contributed by atoms with Gasteiger partial charge in [-0.05, 0) is 25.0 Å². The zero-order valence-corrected chi connectivity index (χ0v) is 10.8. The minimum Gasteiger partial charge on any atom is -0.397 e. The number of hydrogen-bond acceptors (Lipinski definition) is 3. The summed E-state index contributed by atoms with van der Waals surface area (Å²) in [4.78, 5) is 18.0. The van der Waals surface area contributed by atoms with Gasteiger partial charge < -0.3 is 10.6 Å². The first kappa shape index (κ1) is 13.5. The van der Waals surface area contributed by atoms with Crippen LogP contribution in [0.3, 0.4) is 0 Å². The van der Waals surface area contributed by atoms with Gasteiger partial charge in [0, 0.05) is 18.8 Å². The second-order valence-electron chi connectivity index (χ2n) is 4.23. The van der Waals surface area contributed by atoms with E-state index in [0.29, 0.717) is 18.2 Å². The summed E-state index contributed by atoms with van der Waals surface area (Å²) < 4.78 is 0. The lowest BCUT2D eigenvalue weighted by Gasteiger charge is -2.26. The number of pyridine rings is 1. The third-order valence-corrected chi connectivity index (χ3v) is 3.06. The normalized spacial score (nSPS) is 10.6. The van der Waals surface area contributed by atoms with Crippen molar-refractivity contribution >= 4 is 11.6 Å². The van der Waals surface area contributed by atoms with E-state index < -0.39 is 0 Å². The number of anilines is 1. The molecule has 0 aliphatic heterocycles. The molecular weight excluding hydrogens is 214 g/mol. The van der Waals surface area contributed by atoms with Crippen molar-refractivity contribution < 1.29 is 4.79 Å². The molecule has 0 saturated heterocycles. The smallest absolute Gasteiger partial charge is 0.228 e. The lowest BCUT2D eigenvalue weighted by molar-refractivity contribution is -0.131. The second-order valence-corrected chi connectivity index (χ2v) is 4.23. The fourth-order valence-corrected chi connectivity index (χ4v) is 1.86. The molecule has 17 heavy (non-hydrogen) atoms. The van der Waals surface area contributed by atoms with Gasteiger partial charge in [0.1, 0.15) is 0 Å². The van der Waals surface area contributed by atoms with Crippen LogP contribution in [0, 0.1) is 0 Å². The van der Waals surface area contributed by atoms with Gasteiger partial charge in [0.25, 0.3) is 0 Å². The Bertz CT molecular complexity index is 357. The first-order chi connectivity index (χ1) is 8.08. The summed E-state index contributed by atoms with van der Waals surface area (Å²) >= 11 is 0. The number of nitrogens with two attached hydrogens (primary N) is 1. The summed E-state index contributed by atoms with van der Waals surface area (Å²) in [6.45, 7) is 4.19. The van der Waals surface area contributed by atoms with Crippen molar-refractivity contribution in [2.45, 2.75) is 39.2 Å². The highest BCUT2D eigenvalue weighted by Crippen LogP contribution is 2.09. The second kappa shape index (κ2) is 6.23. The fourth-order valence-electron chi connectivity index (χ4n) is 1.86. The highest BCUT2D eigenvalue weighted by Gasteiger charge is 2.17. The van der Waals surface area contributed by atoms with Gasteiger partial charge >= 0.3 is 0 Å². The third-order valence-electron chi connectivity index (χ3n) is 3.06. The van der Waals surface area contributed by atoms with Gasteiger partial charge in [-0.1, -0.05) is 13.8 Å². The monoisotopic (exact) mass is 235 g/mol. The largest absolute Gasteiger partial charge is 0.397 e. The lowest BCUT2D eigenvalue weighted by Crippen LogP contribution is -2.37. The molecule has 0 saturated carbocycles. The topological polar surface area (TPSA) is 59.2 Å². The van der Waals surface area contributed by atoms with Gasteiger partial charge in [-0.3, -0.25) is 9.78 Å². The predicted octanol–water partition coefficient (Wildman–Crippen LogP) is 1.85. The van der Waals surface area contributed by atoms with E-state index in [1.54, 1.807) is 18.3 Å². The molecule has 0 bridgehead atoms. The van der Waals surface area contributed by atoms with E-state index in [9.17, 15) is 4.79 Å². The number of amides is 1. The Kier molecular flexibility index (Phi) is 4.94. The number of nitrogens with zero attached hydrogens (tertiary/aromatic N) is 2. The highest BCUT2D eigenvalue weighted by molar-refractivity contribution is 5.78. The average molecular weight is 235 g/mol. The predicted molar refractivity (Wildman–Crippen MR) is 69.5 cm³/mol. The van der Waals surface area contributed by atoms with E-state index in [4.69, 9.17) is 5.73 Å². The van der Waals surface area contributed by atoms with Gasteiger partial charge in [0.05, 0.1) is 18.3 Å². The average Bonchev–Trinajstić information content (AvgIpc) is 2.33. The van der Waals surface area contributed by atoms with Crippen LogP contribution in [0.15, 0.2) is 18.3 Å². The molecule has 1 aromatic heterocycles. The van der Waals surface area contributed by atoms with E-state index in [1.807, 2.05) is 11.9 Å². The Labute approximate surface area is 103 Å². The van der Waals surface area contributed by atoms with Crippen molar-refractivity contribution in [1.29, 1.82) is 0 Å². The van der Waals surface area contributed by atoms with Crippen LogP contribution < -0.4 is 5.73 Å². The minimum atomic E-state index is 0.107. The van der Waals surface area contributed by atoms with E-state index in [1.165, 1.54) is 0 Å². The van der Waals surface area contributed by atoms with Crippen LogP contribution >= 0.6 is 0 Å². The van der Waals surface area contributed by atoms with Crippen LogP contribution in [0.4, 0.5) is 5.69 Å². The van der Waals surface area contributed by atoms with E-state index >= 15 is 0 Å². The molecule has 1 heterocycles. The molecule has 2 N–H and O–H groups in total. The maximum absolute atomic E-state index is 12.0. The molecule has 0 unspecified atom stereocenters. The molecule has 1 amide bonds. The number of hydrogen-bond donors (Lipinski definition) is 1. The SMILES string of the molecule is CCC(CC)N(C)C(=O)Cc1ccc(N)cn1. The standard InChI is InChI=1S/C13H21N3O/c1-4-12(5-2)16(3)13(17)8-11-7-6-10(14)9-15-11/h6-7,9,12H,4-5,8,14H2,1-3H3. The van der Waals surface area contributed by atoms with Crippen molar-refractivity contribution in [1.82, 2.24) is 9.88 Å². The molecule has 0 aliphatic carbocycles. The number of likely N-dealkylation sites (N-methyl/N-ethyl adjacent to an activating group) is 1. The summed E-state index contributed by atoms with van der Waals surface area (Å²) in [5, 5.41) is 0. The maximum Gasteiger partial charge on any atom is 0.228 e. The van der Waals surface area contributed by atoms with Crippen LogP contribution in [0.5, 0.6) is 0 Å². The van der Waals surface area contributed by atoms with Crippen molar-refractivity contribution in [3.8, 4) is 0 Å². The van der Waals surface area contributed by atoms with Gasteiger partial charge in [0.2, 0.25) is 5.91 Å². The minimum absolute atomic E-state index is 0.107. The van der Waals surface area contributed by atoms with Gasteiger partial charge in [-0.15, -0.1) is 0 Å². The Morgan fingerprint density at radius 2 is 2.06 bits per heavy atom. The molecule has 0 aromatic carbocycles. The molecule has 4 heteroatoms. The fraction of sp³-hybridized carbons (Fsp3) is 0.538. The first-order valence-electron chi connectivity index (χ1n) is 6.04. The zero-order valence-electron chi connectivity index (χ0n) is 10.8. The molecule has 0 aliphatic rings. The number of rotatable bonds is 5. The van der Waals surface area contributed by atoms with Crippen molar-refractivity contribution in [2.75, 3.05) is 12.8 Å². The third kappa shape index (κ3) is 3.73. The van der Waals surface area contributed by atoms with E-state index in [0.717, 1.165) is 18.5 Å². The van der Waals surface area contributed by atoms with E-state index in [-0.39, 0.29) is 5.91 Å². The van der Waals surface area contributed by atoms with Crippen molar-refractivity contribution in [2.24, 2.45) is 0 Å². The molecule has 1 rings (SSSR count). The van der Waals surface area contributed by atoms with Crippen LogP contribution in [0.25, 0.3) is 0 Å². The highest BCUT2D eigenvalue weighted by atomic mass is 16.2. The number of nitrogen functional groups attached to an aromatic ring is 1. The van der Waals surface area contributed by atoms with Crippen molar-refractivity contribution in [3.05, 3.63) is 24.0 Å². The van der Waals surface area contributed by atoms with Crippen LogP contribution in [0.1, 0.15) is 32.4 Å². The molecule has 94 valence electrons. The maximum atomic E-state index is 12.0. The Morgan fingerprint density at radius 1 is 1.41 bits per heavy atom. The van der Waals surface area contributed by atoms with Crippen LogP contribution in [0.2, 0.25) is 0 Å². The number of carbonyl (C=O) groups excluding carboxylic acids is 1. The Morgan fingerprint density at radius 3 is 2.53 bits per heavy atom. The number of aromatic nitrogens is 1. The molecular formula is C13H21N3O. The molecule has 1 aromatic rings. The Balaban J connectivity index is 2.62. The quantitative estimate of drug-likeness (QED) is 0.847. The molecule has 0 fully saturated rings.